The Hall–Kier alpha value is -2.95. The van der Waals surface area contributed by atoms with Crippen LogP contribution >= 0.6 is 0 Å². The number of amides is 1. The summed E-state index contributed by atoms with van der Waals surface area (Å²) in [6.45, 7) is 5.16. The van der Waals surface area contributed by atoms with E-state index in [4.69, 9.17) is 4.74 Å². The summed E-state index contributed by atoms with van der Waals surface area (Å²) in [4.78, 5) is 23.6. The van der Waals surface area contributed by atoms with Crippen LogP contribution in [0.1, 0.15) is 34.6 Å². The number of aryl methyl sites for hydroxylation is 2. The van der Waals surface area contributed by atoms with E-state index in [0.717, 1.165) is 47.1 Å². The standard InChI is InChI=1S/C22H23N3O2/c1-15-12-16(2)24-22(23-15)27-20-8-5-11-25(14-20)21(26)19-10-9-17-6-3-4-7-18(17)13-19/h3-4,6-7,9-10,12-13,20H,5,8,11,14H2,1-2H3. The third kappa shape index (κ3) is 3.92. The molecule has 0 radical (unpaired) electrons. The number of rotatable bonds is 3. The maximum Gasteiger partial charge on any atom is 0.317 e. The summed E-state index contributed by atoms with van der Waals surface area (Å²) < 4.78 is 5.99. The molecule has 0 aliphatic carbocycles. The lowest BCUT2D eigenvalue weighted by Gasteiger charge is -2.32. The highest BCUT2D eigenvalue weighted by Gasteiger charge is 2.26. The number of aromatic nitrogens is 2. The fraction of sp³-hybridized carbons (Fsp3) is 0.318. The number of carbonyl (C=O) groups excluding carboxylic acids is 1. The topological polar surface area (TPSA) is 55.3 Å². The molecule has 1 amide bonds. The number of hydrogen-bond acceptors (Lipinski definition) is 4. The molecule has 1 aliphatic rings. The zero-order chi connectivity index (χ0) is 18.8. The monoisotopic (exact) mass is 361 g/mol. The van der Waals surface area contributed by atoms with Crippen molar-refractivity contribution >= 4 is 16.7 Å². The van der Waals surface area contributed by atoms with Gasteiger partial charge in [-0.25, -0.2) is 9.97 Å². The molecule has 138 valence electrons. The first-order valence-corrected chi connectivity index (χ1v) is 9.35. The van der Waals surface area contributed by atoms with Crippen molar-refractivity contribution < 1.29 is 9.53 Å². The zero-order valence-electron chi connectivity index (χ0n) is 15.7. The van der Waals surface area contributed by atoms with Gasteiger partial charge in [0.05, 0.1) is 6.54 Å². The summed E-state index contributed by atoms with van der Waals surface area (Å²) in [7, 11) is 0. The Labute approximate surface area is 159 Å². The molecule has 1 aromatic heterocycles. The first-order valence-electron chi connectivity index (χ1n) is 9.35. The number of benzene rings is 2. The summed E-state index contributed by atoms with van der Waals surface area (Å²) in [5.74, 6) is 0.0513. The minimum absolute atomic E-state index is 0.0513. The Morgan fingerprint density at radius 3 is 2.56 bits per heavy atom. The Balaban J connectivity index is 1.48. The minimum Gasteiger partial charge on any atom is -0.458 e. The number of piperidine rings is 1. The lowest BCUT2D eigenvalue weighted by molar-refractivity contribution is 0.0515. The molecule has 0 spiro atoms. The highest BCUT2D eigenvalue weighted by Crippen LogP contribution is 2.21. The van der Waals surface area contributed by atoms with E-state index < -0.39 is 0 Å². The van der Waals surface area contributed by atoms with Crippen molar-refractivity contribution in [2.24, 2.45) is 0 Å². The van der Waals surface area contributed by atoms with Crippen LogP contribution in [0.5, 0.6) is 6.01 Å². The number of likely N-dealkylation sites (tertiary alicyclic amines) is 1. The predicted molar refractivity (Wildman–Crippen MR) is 105 cm³/mol. The lowest BCUT2D eigenvalue weighted by Crippen LogP contribution is -2.44. The smallest absolute Gasteiger partial charge is 0.317 e. The quantitative estimate of drug-likeness (QED) is 0.709. The Kier molecular flexibility index (Phi) is 4.75. The van der Waals surface area contributed by atoms with Gasteiger partial charge in [0, 0.05) is 23.5 Å². The van der Waals surface area contributed by atoms with Crippen LogP contribution in [-0.2, 0) is 0 Å². The molecule has 5 nitrogen and oxygen atoms in total. The van der Waals surface area contributed by atoms with E-state index in [-0.39, 0.29) is 12.0 Å². The number of hydrogen-bond donors (Lipinski definition) is 0. The fourth-order valence-electron chi connectivity index (χ4n) is 3.62. The van der Waals surface area contributed by atoms with Crippen molar-refractivity contribution in [3.05, 3.63) is 65.5 Å². The third-order valence-corrected chi connectivity index (χ3v) is 4.90. The highest BCUT2D eigenvalue weighted by molar-refractivity contribution is 5.98. The molecule has 2 heterocycles. The maximum atomic E-state index is 13.0. The molecule has 0 N–H and O–H groups in total. The Morgan fingerprint density at radius 1 is 1.04 bits per heavy atom. The molecule has 1 aliphatic heterocycles. The maximum absolute atomic E-state index is 13.0. The van der Waals surface area contributed by atoms with Gasteiger partial charge >= 0.3 is 6.01 Å². The van der Waals surface area contributed by atoms with E-state index in [2.05, 4.69) is 16.0 Å². The molecule has 27 heavy (non-hydrogen) atoms. The van der Waals surface area contributed by atoms with E-state index in [1.165, 1.54) is 0 Å². The lowest BCUT2D eigenvalue weighted by atomic mass is 10.0. The van der Waals surface area contributed by atoms with E-state index >= 15 is 0 Å². The molecular formula is C22H23N3O2. The third-order valence-electron chi connectivity index (χ3n) is 4.90. The van der Waals surface area contributed by atoms with E-state index in [9.17, 15) is 4.79 Å². The van der Waals surface area contributed by atoms with E-state index in [0.29, 0.717) is 12.6 Å². The van der Waals surface area contributed by atoms with Crippen LogP contribution < -0.4 is 4.74 Å². The molecule has 0 bridgehead atoms. The van der Waals surface area contributed by atoms with Gasteiger partial charge in [-0.3, -0.25) is 4.79 Å². The Bertz CT molecular complexity index is 966. The van der Waals surface area contributed by atoms with Gasteiger partial charge in [-0.05, 0) is 55.7 Å². The molecule has 2 aromatic carbocycles. The molecule has 4 rings (SSSR count). The minimum atomic E-state index is -0.0793. The van der Waals surface area contributed by atoms with Crippen LogP contribution in [0.25, 0.3) is 10.8 Å². The van der Waals surface area contributed by atoms with Gasteiger partial charge in [-0.2, -0.15) is 0 Å². The molecule has 1 fully saturated rings. The van der Waals surface area contributed by atoms with Crippen LogP contribution in [0.15, 0.2) is 48.5 Å². The Morgan fingerprint density at radius 2 is 1.78 bits per heavy atom. The van der Waals surface area contributed by atoms with Gasteiger partial charge in [0.15, 0.2) is 0 Å². The first-order chi connectivity index (χ1) is 13.1. The first kappa shape index (κ1) is 17.5. The second kappa shape index (κ2) is 7.35. The number of nitrogens with zero attached hydrogens (tertiary/aromatic N) is 3. The summed E-state index contributed by atoms with van der Waals surface area (Å²) in [5, 5.41) is 2.22. The summed E-state index contributed by atoms with van der Waals surface area (Å²) in [6, 6.07) is 16.3. The van der Waals surface area contributed by atoms with Gasteiger partial charge in [0.2, 0.25) is 0 Å². The largest absolute Gasteiger partial charge is 0.458 e. The summed E-state index contributed by atoms with van der Waals surface area (Å²) >= 11 is 0. The van der Waals surface area contributed by atoms with Gasteiger partial charge in [0.1, 0.15) is 6.10 Å². The zero-order valence-corrected chi connectivity index (χ0v) is 15.7. The van der Waals surface area contributed by atoms with Crippen molar-refractivity contribution in [1.82, 2.24) is 14.9 Å². The van der Waals surface area contributed by atoms with Crippen LogP contribution in [0.4, 0.5) is 0 Å². The van der Waals surface area contributed by atoms with Gasteiger partial charge in [0.25, 0.3) is 5.91 Å². The van der Waals surface area contributed by atoms with E-state index in [1.807, 2.05) is 61.2 Å². The SMILES string of the molecule is Cc1cc(C)nc(OC2CCCN(C(=O)c3ccc4ccccc4c3)C2)n1. The van der Waals surface area contributed by atoms with Crippen molar-refractivity contribution in [2.45, 2.75) is 32.8 Å². The van der Waals surface area contributed by atoms with Crippen LogP contribution in [0, 0.1) is 13.8 Å². The van der Waals surface area contributed by atoms with E-state index in [1.54, 1.807) is 0 Å². The second-order valence-electron chi connectivity index (χ2n) is 7.13. The van der Waals surface area contributed by atoms with Crippen LogP contribution in [-0.4, -0.2) is 40.0 Å². The average Bonchev–Trinajstić information content (AvgIpc) is 2.66. The van der Waals surface area contributed by atoms with Crippen LogP contribution in [0.3, 0.4) is 0 Å². The molecular weight excluding hydrogens is 338 g/mol. The second-order valence-corrected chi connectivity index (χ2v) is 7.13. The summed E-state index contributed by atoms with van der Waals surface area (Å²) in [5.41, 5.74) is 2.49. The van der Waals surface area contributed by atoms with Crippen molar-refractivity contribution in [2.75, 3.05) is 13.1 Å². The van der Waals surface area contributed by atoms with Crippen molar-refractivity contribution in [1.29, 1.82) is 0 Å². The fourth-order valence-corrected chi connectivity index (χ4v) is 3.62. The van der Waals surface area contributed by atoms with Crippen LogP contribution in [0.2, 0.25) is 0 Å². The van der Waals surface area contributed by atoms with Gasteiger partial charge in [-0.1, -0.05) is 30.3 Å². The van der Waals surface area contributed by atoms with Crippen molar-refractivity contribution in [3.8, 4) is 6.01 Å². The highest BCUT2D eigenvalue weighted by atomic mass is 16.5. The van der Waals surface area contributed by atoms with Crippen molar-refractivity contribution in [3.63, 3.8) is 0 Å². The predicted octanol–water partition coefficient (Wildman–Crippen LogP) is 3.93. The molecule has 3 aromatic rings. The van der Waals surface area contributed by atoms with Gasteiger partial charge in [-0.15, -0.1) is 0 Å². The normalized spacial score (nSPS) is 17.1. The average molecular weight is 361 g/mol. The molecule has 1 unspecified atom stereocenters. The number of carbonyl (C=O) groups is 1. The molecule has 1 saturated heterocycles. The van der Waals surface area contributed by atoms with Gasteiger partial charge < -0.3 is 9.64 Å². The number of ether oxygens (including phenoxy) is 1. The number of fused-ring (bicyclic) bond motifs is 1. The molecule has 0 saturated carbocycles. The molecule has 1 atom stereocenters. The molecule has 5 heteroatoms. The summed E-state index contributed by atoms with van der Waals surface area (Å²) in [6.07, 6.45) is 1.73.